The highest BCUT2D eigenvalue weighted by atomic mass is 35.5. The van der Waals surface area contributed by atoms with Gasteiger partial charge in [0.15, 0.2) is 18.1 Å². The fraction of sp³-hybridized carbons (Fsp3) is 0.385. The van der Waals surface area contributed by atoms with E-state index in [0.717, 1.165) is 5.56 Å². The highest BCUT2D eigenvalue weighted by Gasteiger charge is 2.49. The lowest BCUT2D eigenvalue weighted by molar-refractivity contribution is -0.150. The Kier molecular flexibility index (Phi) is 7.89. The van der Waals surface area contributed by atoms with Crippen LogP contribution in [0.5, 0.6) is 11.5 Å². The molecule has 2 N–H and O–H groups in total. The number of imide groups is 2. The van der Waals surface area contributed by atoms with E-state index in [1.54, 1.807) is 17.0 Å². The molecule has 0 radical (unpaired) electrons. The first kappa shape index (κ1) is 27.3. The maximum absolute atomic E-state index is 13.2. The molecular weight excluding hydrogens is 519 g/mol. The number of amides is 5. The highest BCUT2D eigenvalue weighted by Crippen LogP contribution is 2.34. The van der Waals surface area contributed by atoms with Crippen molar-refractivity contribution in [2.24, 2.45) is 0 Å². The zero-order valence-corrected chi connectivity index (χ0v) is 21.9. The van der Waals surface area contributed by atoms with Gasteiger partial charge in [-0.05, 0) is 50.6 Å². The largest absolute Gasteiger partial charge is 0.480 e. The van der Waals surface area contributed by atoms with Crippen molar-refractivity contribution in [3.8, 4) is 11.5 Å². The SMILES string of the molecule is CC1CN(C(=O)COc2ccc(Cl)cc2OC2(C)C(=O)NC(=O)NC2=O)C(C)CN1Cc1ccc(F)cc1. The van der Waals surface area contributed by atoms with E-state index >= 15 is 0 Å². The molecule has 2 atom stereocenters. The number of ether oxygens (including phenoxy) is 2. The lowest BCUT2D eigenvalue weighted by Gasteiger charge is -2.44. The molecule has 2 saturated heterocycles. The zero-order chi connectivity index (χ0) is 27.6. The van der Waals surface area contributed by atoms with Crippen LogP contribution in [0.1, 0.15) is 26.3 Å². The first-order valence-electron chi connectivity index (χ1n) is 12.0. The Morgan fingerprint density at radius 1 is 1.03 bits per heavy atom. The second kappa shape index (κ2) is 11.0. The Labute approximate surface area is 224 Å². The Balaban J connectivity index is 1.40. The number of benzene rings is 2. The Morgan fingerprint density at radius 2 is 1.68 bits per heavy atom. The summed E-state index contributed by atoms with van der Waals surface area (Å²) in [6.07, 6.45) is 0. The zero-order valence-electron chi connectivity index (χ0n) is 21.1. The molecule has 202 valence electrons. The number of carbonyl (C=O) groups is 4. The summed E-state index contributed by atoms with van der Waals surface area (Å²) >= 11 is 6.09. The van der Waals surface area contributed by atoms with Crippen LogP contribution in [0.15, 0.2) is 42.5 Å². The molecule has 2 fully saturated rings. The van der Waals surface area contributed by atoms with Gasteiger partial charge in [0.25, 0.3) is 23.3 Å². The fourth-order valence-corrected chi connectivity index (χ4v) is 4.55. The van der Waals surface area contributed by atoms with Gasteiger partial charge in [-0.2, -0.15) is 0 Å². The molecule has 2 aliphatic rings. The maximum Gasteiger partial charge on any atom is 0.328 e. The first-order chi connectivity index (χ1) is 18.0. The third-order valence-corrected chi connectivity index (χ3v) is 6.86. The quantitative estimate of drug-likeness (QED) is 0.512. The summed E-state index contributed by atoms with van der Waals surface area (Å²) in [5.74, 6) is -2.38. The molecule has 12 heteroatoms. The molecule has 0 bridgehead atoms. The molecule has 0 aromatic heterocycles. The van der Waals surface area contributed by atoms with Crippen molar-refractivity contribution in [3.05, 3.63) is 58.9 Å². The summed E-state index contributed by atoms with van der Waals surface area (Å²) < 4.78 is 24.7. The number of hydrogen-bond acceptors (Lipinski definition) is 7. The van der Waals surface area contributed by atoms with Crippen molar-refractivity contribution in [1.82, 2.24) is 20.4 Å². The smallest absolute Gasteiger partial charge is 0.328 e. The number of nitrogens with one attached hydrogen (secondary N) is 2. The van der Waals surface area contributed by atoms with Crippen molar-refractivity contribution in [3.63, 3.8) is 0 Å². The van der Waals surface area contributed by atoms with Crippen molar-refractivity contribution < 1.29 is 33.0 Å². The van der Waals surface area contributed by atoms with E-state index in [2.05, 4.69) is 4.90 Å². The van der Waals surface area contributed by atoms with Crippen molar-refractivity contribution in [1.29, 1.82) is 0 Å². The fourth-order valence-electron chi connectivity index (χ4n) is 4.39. The molecule has 2 aromatic rings. The van der Waals surface area contributed by atoms with Gasteiger partial charge in [-0.3, -0.25) is 29.9 Å². The van der Waals surface area contributed by atoms with Crippen LogP contribution >= 0.6 is 11.6 Å². The molecule has 0 aliphatic carbocycles. The lowest BCUT2D eigenvalue weighted by Crippen LogP contribution is -2.67. The number of piperazine rings is 1. The van der Waals surface area contributed by atoms with Crippen molar-refractivity contribution >= 4 is 35.4 Å². The molecule has 2 aromatic carbocycles. The van der Waals surface area contributed by atoms with Crippen LogP contribution in [0.4, 0.5) is 9.18 Å². The lowest BCUT2D eigenvalue weighted by atomic mass is 10.0. The molecule has 38 heavy (non-hydrogen) atoms. The van der Waals surface area contributed by atoms with E-state index in [1.807, 2.05) is 24.5 Å². The van der Waals surface area contributed by atoms with Gasteiger partial charge >= 0.3 is 6.03 Å². The van der Waals surface area contributed by atoms with E-state index in [-0.39, 0.29) is 46.9 Å². The van der Waals surface area contributed by atoms with Crippen LogP contribution in [-0.4, -0.2) is 70.9 Å². The standard InChI is InChI=1S/C26H28ClFN4O6/c1-15-12-32(16(2)11-31(15)13-17-4-7-19(28)8-5-17)22(33)14-37-20-9-6-18(27)10-21(20)38-26(3)23(34)29-25(36)30-24(26)35/h4-10,15-16H,11-14H2,1-3H3,(H2,29,30,34,35,36). The van der Waals surface area contributed by atoms with Gasteiger partial charge in [-0.1, -0.05) is 23.7 Å². The van der Waals surface area contributed by atoms with Crippen LogP contribution in [0.3, 0.4) is 0 Å². The summed E-state index contributed by atoms with van der Waals surface area (Å²) in [6.45, 7) is 6.59. The molecule has 0 spiro atoms. The van der Waals surface area contributed by atoms with Crippen LogP contribution in [0, 0.1) is 5.82 Å². The second-order valence-electron chi connectivity index (χ2n) is 9.55. The molecule has 2 aliphatic heterocycles. The van der Waals surface area contributed by atoms with Crippen molar-refractivity contribution in [2.75, 3.05) is 19.7 Å². The normalized spacial score (nSPS) is 21.5. The molecule has 2 heterocycles. The maximum atomic E-state index is 13.2. The van der Waals surface area contributed by atoms with Crippen molar-refractivity contribution in [2.45, 2.75) is 45.0 Å². The number of nitrogens with zero attached hydrogens (tertiary/aromatic N) is 2. The van der Waals surface area contributed by atoms with E-state index in [9.17, 15) is 23.6 Å². The third-order valence-electron chi connectivity index (χ3n) is 6.63. The third kappa shape index (κ3) is 5.89. The van der Waals surface area contributed by atoms with E-state index in [0.29, 0.717) is 19.6 Å². The monoisotopic (exact) mass is 546 g/mol. The molecule has 5 amide bonds. The van der Waals surface area contributed by atoms with Gasteiger partial charge in [0.2, 0.25) is 0 Å². The van der Waals surface area contributed by atoms with E-state index < -0.39 is 23.4 Å². The second-order valence-corrected chi connectivity index (χ2v) is 9.99. The topological polar surface area (TPSA) is 117 Å². The predicted octanol–water partition coefficient (Wildman–Crippen LogP) is 2.48. The number of hydrogen-bond donors (Lipinski definition) is 2. The van der Waals surface area contributed by atoms with Gasteiger partial charge in [0.1, 0.15) is 5.82 Å². The van der Waals surface area contributed by atoms with Gasteiger partial charge in [0, 0.05) is 42.8 Å². The number of carbonyl (C=O) groups excluding carboxylic acids is 4. The number of halogens is 2. The van der Waals surface area contributed by atoms with Gasteiger partial charge in [-0.25, -0.2) is 9.18 Å². The van der Waals surface area contributed by atoms with Crippen LogP contribution in [-0.2, 0) is 20.9 Å². The predicted molar refractivity (Wildman–Crippen MR) is 135 cm³/mol. The van der Waals surface area contributed by atoms with Gasteiger partial charge < -0.3 is 14.4 Å². The van der Waals surface area contributed by atoms with Crippen LogP contribution in [0.25, 0.3) is 0 Å². The Bertz CT molecular complexity index is 1240. The minimum Gasteiger partial charge on any atom is -0.480 e. The van der Waals surface area contributed by atoms with Gasteiger partial charge in [0.05, 0.1) is 0 Å². The molecular formula is C26H28ClFN4O6. The summed E-state index contributed by atoms with van der Waals surface area (Å²) in [5, 5.41) is 4.22. The summed E-state index contributed by atoms with van der Waals surface area (Å²) in [7, 11) is 0. The number of urea groups is 1. The van der Waals surface area contributed by atoms with Crippen LogP contribution in [0.2, 0.25) is 5.02 Å². The summed E-state index contributed by atoms with van der Waals surface area (Å²) in [4.78, 5) is 53.2. The number of rotatable bonds is 7. The average molecular weight is 547 g/mol. The van der Waals surface area contributed by atoms with Crippen LogP contribution < -0.4 is 20.1 Å². The summed E-state index contributed by atoms with van der Waals surface area (Å²) in [6, 6.07) is 9.70. The average Bonchev–Trinajstić information content (AvgIpc) is 2.85. The Hall–Kier alpha value is -3.70. The van der Waals surface area contributed by atoms with Gasteiger partial charge in [-0.15, -0.1) is 0 Å². The molecule has 0 saturated carbocycles. The number of barbiturate groups is 1. The Morgan fingerprint density at radius 3 is 2.34 bits per heavy atom. The molecule has 10 nitrogen and oxygen atoms in total. The highest BCUT2D eigenvalue weighted by molar-refractivity contribution is 6.30. The minimum atomic E-state index is -2.06. The molecule has 2 unspecified atom stereocenters. The van der Waals surface area contributed by atoms with E-state index in [4.69, 9.17) is 21.1 Å². The first-order valence-corrected chi connectivity index (χ1v) is 12.4. The summed E-state index contributed by atoms with van der Waals surface area (Å²) in [5.41, 5.74) is -1.08. The van der Waals surface area contributed by atoms with E-state index in [1.165, 1.54) is 37.3 Å². The molecule has 4 rings (SSSR count). The minimum absolute atomic E-state index is 0.0435.